The minimum absolute atomic E-state index is 0.354. The van der Waals surface area contributed by atoms with Gasteiger partial charge in [-0.05, 0) is 32.3 Å². The predicted molar refractivity (Wildman–Crippen MR) is 133 cm³/mol. The van der Waals surface area contributed by atoms with Crippen molar-refractivity contribution >= 4 is 23.3 Å². The van der Waals surface area contributed by atoms with Gasteiger partial charge in [0.2, 0.25) is 0 Å². The number of nitrogens with one attached hydrogen (secondary N) is 1. The van der Waals surface area contributed by atoms with Crippen LogP contribution in [0.1, 0.15) is 38.7 Å². The summed E-state index contributed by atoms with van der Waals surface area (Å²) in [6.45, 7) is 7.14. The van der Waals surface area contributed by atoms with Gasteiger partial charge in [-0.2, -0.15) is 0 Å². The monoisotopic (exact) mass is 482 g/mol. The topological polar surface area (TPSA) is 86.3 Å². The van der Waals surface area contributed by atoms with Gasteiger partial charge in [0.05, 0.1) is 43.2 Å². The lowest BCUT2D eigenvalue weighted by Crippen LogP contribution is -2.44. The molecule has 0 aromatic heterocycles. The van der Waals surface area contributed by atoms with Crippen molar-refractivity contribution in [3.05, 3.63) is 48.0 Å². The average Bonchev–Trinajstić information content (AvgIpc) is 2.85. The molecule has 0 spiro atoms. The number of esters is 1. The summed E-state index contributed by atoms with van der Waals surface area (Å²) in [5, 5.41) is 2.84. The van der Waals surface area contributed by atoms with Gasteiger partial charge in [-0.25, -0.2) is 0 Å². The highest BCUT2D eigenvalue weighted by molar-refractivity contribution is 5.96. The molecule has 2 aromatic carbocycles. The highest BCUT2D eigenvalue weighted by Gasteiger charge is 2.47. The van der Waals surface area contributed by atoms with Gasteiger partial charge in [-0.1, -0.05) is 36.8 Å². The molecule has 0 bridgehead atoms. The van der Waals surface area contributed by atoms with Crippen LogP contribution in [0, 0.1) is 0 Å². The first kappa shape index (κ1) is 24.9. The molecule has 0 unspecified atom stereocenters. The largest absolute Gasteiger partial charge is 0.492 e. The minimum atomic E-state index is -0.653. The Labute approximate surface area is 206 Å². The first-order valence-electron chi connectivity index (χ1n) is 12.4. The summed E-state index contributed by atoms with van der Waals surface area (Å²) in [6, 6.07) is 13.3. The highest BCUT2D eigenvalue weighted by atomic mass is 16.5. The van der Waals surface area contributed by atoms with Crippen LogP contribution >= 0.6 is 0 Å². The van der Waals surface area contributed by atoms with Gasteiger partial charge in [-0.3, -0.25) is 9.59 Å². The Balaban J connectivity index is 1.47. The van der Waals surface area contributed by atoms with E-state index in [9.17, 15) is 9.59 Å². The fourth-order valence-electron chi connectivity index (χ4n) is 4.60. The van der Waals surface area contributed by atoms with Gasteiger partial charge in [0.15, 0.2) is 6.61 Å². The fourth-order valence-corrected chi connectivity index (χ4v) is 4.60. The van der Waals surface area contributed by atoms with Crippen LogP contribution in [-0.2, 0) is 24.5 Å². The van der Waals surface area contributed by atoms with Crippen molar-refractivity contribution in [3.63, 3.8) is 0 Å². The van der Waals surface area contributed by atoms with E-state index in [1.54, 1.807) is 6.07 Å². The number of hydrogen-bond acceptors (Lipinski definition) is 7. The zero-order chi connectivity index (χ0) is 24.7. The standard InChI is InChI=1S/C27H34N2O6/c1-3-33-23-18-22(29-13-15-32-16-14-29)24(34-4-2)17-21(23)28-25(30)19-35-26(31)27(11-8-12-27)20-9-6-5-7-10-20/h5-7,9-10,17-18H,3-4,8,11-16,19H2,1-2H3,(H,28,30). The maximum absolute atomic E-state index is 13.0. The summed E-state index contributed by atoms with van der Waals surface area (Å²) in [6.07, 6.45) is 2.42. The average molecular weight is 483 g/mol. The SMILES string of the molecule is CCOc1cc(N2CCOCC2)c(OCC)cc1NC(=O)COC(=O)C1(c2ccccc2)CCC1. The van der Waals surface area contributed by atoms with Gasteiger partial charge in [-0.15, -0.1) is 0 Å². The third kappa shape index (κ3) is 5.53. The molecule has 1 saturated carbocycles. The number of nitrogens with zero attached hydrogens (tertiary/aromatic N) is 1. The molecule has 8 nitrogen and oxygen atoms in total. The molecule has 1 heterocycles. The third-order valence-electron chi connectivity index (χ3n) is 6.55. The first-order valence-corrected chi connectivity index (χ1v) is 12.4. The van der Waals surface area contributed by atoms with E-state index in [0.717, 1.165) is 43.6 Å². The van der Waals surface area contributed by atoms with Crippen molar-refractivity contribution in [2.75, 3.05) is 56.3 Å². The van der Waals surface area contributed by atoms with E-state index in [0.29, 0.717) is 43.6 Å². The molecular weight excluding hydrogens is 448 g/mol. The van der Waals surface area contributed by atoms with Crippen molar-refractivity contribution in [3.8, 4) is 11.5 Å². The molecule has 35 heavy (non-hydrogen) atoms. The van der Waals surface area contributed by atoms with E-state index in [1.807, 2.05) is 50.2 Å². The van der Waals surface area contributed by atoms with Crippen molar-refractivity contribution in [2.45, 2.75) is 38.5 Å². The Morgan fingerprint density at radius 2 is 1.69 bits per heavy atom. The molecule has 188 valence electrons. The van der Waals surface area contributed by atoms with Crippen molar-refractivity contribution in [2.24, 2.45) is 0 Å². The predicted octanol–water partition coefficient (Wildman–Crippen LogP) is 3.92. The molecule has 1 N–H and O–H groups in total. The van der Waals surface area contributed by atoms with Crippen molar-refractivity contribution < 1.29 is 28.5 Å². The maximum atomic E-state index is 13.0. The summed E-state index contributed by atoms with van der Waals surface area (Å²) >= 11 is 0. The van der Waals surface area contributed by atoms with Crippen LogP contribution in [-0.4, -0.2) is 58.0 Å². The van der Waals surface area contributed by atoms with Gasteiger partial charge in [0.1, 0.15) is 11.5 Å². The van der Waals surface area contributed by atoms with Gasteiger partial charge in [0.25, 0.3) is 5.91 Å². The second kappa shape index (κ2) is 11.4. The summed E-state index contributed by atoms with van der Waals surface area (Å²) in [5.41, 5.74) is 1.67. The molecule has 2 aliphatic rings. The molecule has 2 aromatic rings. The first-order chi connectivity index (χ1) is 17.1. The molecule has 1 amide bonds. The zero-order valence-electron chi connectivity index (χ0n) is 20.5. The molecule has 8 heteroatoms. The number of anilines is 2. The fraction of sp³-hybridized carbons (Fsp3) is 0.481. The van der Waals surface area contributed by atoms with E-state index in [-0.39, 0.29) is 12.6 Å². The van der Waals surface area contributed by atoms with Gasteiger partial charge >= 0.3 is 5.97 Å². The van der Waals surface area contributed by atoms with Crippen LogP contribution in [0.25, 0.3) is 0 Å². The Kier molecular flexibility index (Phi) is 8.13. The van der Waals surface area contributed by atoms with E-state index in [1.165, 1.54) is 0 Å². The van der Waals surface area contributed by atoms with Crippen molar-refractivity contribution in [1.29, 1.82) is 0 Å². The molecule has 0 radical (unpaired) electrons. The lowest BCUT2D eigenvalue weighted by atomic mass is 9.64. The lowest BCUT2D eigenvalue weighted by molar-refractivity contribution is -0.156. The maximum Gasteiger partial charge on any atom is 0.317 e. The normalized spacial score (nSPS) is 16.7. The number of hydrogen-bond donors (Lipinski definition) is 1. The van der Waals surface area contributed by atoms with E-state index in [2.05, 4.69) is 10.2 Å². The number of ether oxygens (including phenoxy) is 4. The van der Waals surface area contributed by atoms with Crippen LogP contribution in [0.5, 0.6) is 11.5 Å². The Morgan fingerprint density at radius 3 is 2.31 bits per heavy atom. The Hall–Kier alpha value is -3.26. The molecular formula is C27H34N2O6. The van der Waals surface area contributed by atoms with Crippen LogP contribution in [0.2, 0.25) is 0 Å². The second-order valence-corrected chi connectivity index (χ2v) is 8.71. The van der Waals surface area contributed by atoms with Crippen LogP contribution in [0.15, 0.2) is 42.5 Å². The van der Waals surface area contributed by atoms with Crippen LogP contribution < -0.4 is 19.7 Å². The summed E-state index contributed by atoms with van der Waals surface area (Å²) in [4.78, 5) is 27.9. The number of carbonyl (C=O) groups excluding carboxylic acids is 2. The number of carbonyl (C=O) groups is 2. The van der Waals surface area contributed by atoms with E-state index >= 15 is 0 Å². The number of morpholine rings is 1. The number of benzene rings is 2. The van der Waals surface area contributed by atoms with Crippen LogP contribution in [0.4, 0.5) is 11.4 Å². The molecule has 2 fully saturated rings. The molecule has 1 saturated heterocycles. The highest BCUT2D eigenvalue weighted by Crippen LogP contribution is 2.45. The van der Waals surface area contributed by atoms with Crippen LogP contribution in [0.3, 0.4) is 0 Å². The number of amides is 1. The van der Waals surface area contributed by atoms with Crippen molar-refractivity contribution in [1.82, 2.24) is 0 Å². The second-order valence-electron chi connectivity index (χ2n) is 8.71. The van der Waals surface area contributed by atoms with Gasteiger partial charge in [0, 0.05) is 25.2 Å². The lowest BCUT2D eigenvalue weighted by Gasteiger charge is -2.39. The minimum Gasteiger partial charge on any atom is -0.492 e. The Morgan fingerprint density at radius 1 is 1.00 bits per heavy atom. The Bertz CT molecular complexity index is 1020. The third-order valence-corrected chi connectivity index (χ3v) is 6.55. The van der Waals surface area contributed by atoms with Gasteiger partial charge < -0.3 is 29.2 Å². The quantitative estimate of drug-likeness (QED) is 0.514. The molecule has 1 aliphatic carbocycles. The number of rotatable bonds is 10. The summed E-state index contributed by atoms with van der Waals surface area (Å²) < 4.78 is 22.7. The molecule has 1 aliphatic heterocycles. The summed E-state index contributed by atoms with van der Waals surface area (Å²) in [7, 11) is 0. The van der Waals surface area contributed by atoms with E-state index < -0.39 is 11.3 Å². The molecule has 4 rings (SSSR count). The molecule has 0 atom stereocenters. The van der Waals surface area contributed by atoms with E-state index in [4.69, 9.17) is 18.9 Å². The summed E-state index contributed by atoms with van der Waals surface area (Å²) in [5.74, 6) is 0.413. The smallest absolute Gasteiger partial charge is 0.317 e. The zero-order valence-corrected chi connectivity index (χ0v) is 20.5.